The molecule has 7 nitrogen and oxygen atoms in total. The minimum atomic E-state index is -0.901. The van der Waals surface area contributed by atoms with Crippen molar-refractivity contribution < 1.29 is 28.7 Å². The summed E-state index contributed by atoms with van der Waals surface area (Å²) in [7, 11) is 1.53. The highest BCUT2D eigenvalue weighted by atomic mass is 79.9. The molecule has 4 aromatic rings. The van der Waals surface area contributed by atoms with Crippen molar-refractivity contribution in [2.24, 2.45) is 11.8 Å². The van der Waals surface area contributed by atoms with Gasteiger partial charge >= 0.3 is 5.97 Å². The largest absolute Gasteiger partial charge is 0.497 e. The van der Waals surface area contributed by atoms with E-state index in [0.29, 0.717) is 11.3 Å². The molecular formula is C34H24BrNO6. The molecule has 1 aliphatic heterocycles. The highest BCUT2D eigenvalue weighted by Crippen LogP contribution is 2.66. The number of methoxy groups -OCH3 is 1. The van der Waals surface area contributed by atoms with Gasteiger partial charge in [-0.2, -0.15) is 0 Å². The fraction of sp³-hybridized carbons (Fsp3) is 0.176. The smallest absolute Gasteiger partial charge is 0.340 e. The highest BCUT2D eigenvalue weighted by Gasteiger charge is 2.67. The second kappa shape index (κ2) is 9.77. The third kappa shape index (κ3) is 3.64. The molecule has 3 aliphatic carbocycles. The average Bonchev–Trinajstić information content (AvgIpc) is 3.30. The molecule has 0 unspecified atom stereocenters. The monoisotopic (exact) mass is 621 g/mol. The number of hydrogen-bond donors (Lipinski definition) is 0. The van der Waals surface area contributed by atoms with Gasteiger partial charge in [0.2, 0.25) is 11.8 Å². The summed E-state index contributed by atoms with van der Waals surface area (Å²) in [5.41, 5.74) is 4.52. The molecule has 4 aliphatic rings. The lowest BCUT2D eigenvalue weighted by Gasteiger charge is -2.51. The number of benzene rings is 4. The minimum Gasteiger partial charge on any atom is -0.497 e. The van der Waals surface area contributed by atoms with E-state index in [4.69, 9.17) is 9.47 Å². The van der Waals surface area contributed by atoms with Gasteiger partial charge in [0.25, 0.3) is 0 Å². The van der Waals surface area contributed by atoms with Gasteiger partial charge in [-0.05, 0) is 58.7 Å². The van der Waals surface area contributed by atoms with Crippen LogP contribution < -0.4 is 9.64 Å². The predicted molar refractivity (Wildman–Crippen MR) is 158 cm³/mol. The zero-order chi connectivity index (χ0) is 29.2. The number of alkyl halides is 1. The summed E-state index contributed by atoms with van der Waals surface area (Å²) in [4.78, 5) is 55.7. The maximum Gasteiger partial charge on any atom is 0.340 e. The Bertz CT molecular complexity index is 1750. The number of imide groups is 1. The number of halogens is 1. The SMILES string of the molecule is COc1ccc(C(=O)COC(=O)c2ccccc2N2C(=O)[C@H]3C4c5ccccc5C(Br)(c5ccccc54)[C@H]3C2=O)cc1. The molecule has 8 heteroatoms. The van der Waals surface area contributed by atoms with Gasteiger partial charge in [-0.1, -0.05) is 76.6 Å². The summed E-state index contributed by atoms with van der Waals surface area (Å²) in [6.07, 6.45) is 0. The van der Waals surface area contributed by atoms with Gasteiger partial charge < -0.3 is 9.47 Å². The Morgan fingerprint density at radius 1 is 0.810 bits per heavy atom. The molecule has 1 saturated heterocycles. The van der Waals surface area contributed by atoms with E-state index in [1.165, 1.54) is 13.2 Å². The van der Waals surface area contributed by atoms with Crippen LogP contribution in [0.5, 0.6) is 5.75 Å². The summed E-state index contributed by atoms with van der Waals surface area (Å²) in [6, 6.07) is 28.7. The van der Waals surface area contributed by atoms with Gasteiger partial charge in [-0.15, -0.1) is 0 Å². The van der Waals surface area contributed by atoms with Gasteiger partial charge in [0.15, 0.2) is 12.4 Å². The van der Waals surface area contributed by atoms with Gasteiger partial charge in [0, 0.05) is 11.5 Å². The van der Waals surface area contributed by atoms with E-state index in [1.54, 1.807) is 42.5 Å². The normalized spacial score (nSPS) is 23.2. The van der Waals surface area contributed by atoms with E-state index in [-0.39, 0.29) is 29.0 Å². The number of carbonyl (C=O) groups excluding carboxylic acids is 4. The van der Waals surface area contributed by atoms with E-state index in [2.05, 4.69) is 15.9 Å². The molecule has 0 aromatic heterocycles. The zero-order valence-corrected chi connectivity index (χ0v) is 24.0. The molecule has 42 heavy (non-hydrogen) atoms. The van der Waals surface area contributed by atoms with Crippen LogP contribution in [0.1, 0.15) is 48.9 Å². The van der Waals surface area contributed by atoms with E-state index in [9.17, 15) is 19.2 Å². The first-order valence-corrected chi connectivity index (χ1v) is 14.3. The first kappa shape index (κ1) is 26.3. The topological polar surface area (TPSA) is 90.0 Å². The fourth-order valence-electron chi connectivity index (χ4n) is 6.83. The molecule has 208 valence electrons. The summed E-state index contributed by atoms with van der Waals surface area (Å²) in [5.74, 6) is -3.00. The Morgan fingerprint density at radius 3 is 2.05 bits per heavy atom. The molecule has 0 radical (unpaired) electrons. The maximum absolute atomic E-state index is 14.3. The minimum absolute atomic E-state index is 0.0337. The van der Waals surface area contributed by atoms with Crippen molar-refractivity contribution in [1.82, 2.24) is 0 Å². The van der Waals surface area contributed by atoms with E-state index in [0.717, 1.165) is 27.2 Å². The van der Waals surface area contributed by atoms with Crippen molar-refractivity contribution in [3.63, 3.8) is 0 Å². The first-order chi connectivity index (χ1) is 20.4. The van der Waals surface area contributed by atoms with Crippen molar-refractivity contribution in [2.75, 3.05) is 18.6 Å². The standard InChI is InChI=1S/C34H24BrNO6/c1-41-20-16-14-19(15-17-20)27(37)18-42-33(40)23-10-4-7-13-26(23)36-31(38)29-28-21-8-2-5-11-24(21)34(35,30(29)32(36)39)25-12-6-3-9-22(25)28/h2-17,28-30H,18H2,1H3/t28?,29-,30+,34?/m0/s1. The van der Waals surface area contributed by atoms with Crippen LogP contribution in [0, 0.1) is 11.8 Å². The summed E-state index contributed by atoms with van der Waals surface area (Å²) < 4.78 is 9.61. The van der Waals surface area contributed by atoms with Gasteiger partial charge in [0.1, 0.15) is 5.75 Å². The molecule has 2 atom stereocenters. The molecule has 0 spiro atoms. The summed E-state index contributed by atoms with van der Waals surface area (Å²) in [5, 5.41) is 0. The molecule has 0 saturated carbocycles. The van der Waals surface area contributed by atoms with Gasteiger partial charge in [-0.25, -0.2) is 9.69 Å². The van der Waals surface area contributed by atoms with Crippen molar-refractivity contribution in [3.05, 3.63) is 130 Å². The number of esters is 1. The molecule has 2 amide bonds. The van der Waals surface area contributed by atoms with Crippen LogP contribution in [0.15, 0.2) is 97.1 Å². The predicted octanol–water partition coefficient (Wildman–Crippen LogP) is 5.64. The molecule has 4 aromatic carbocycles. The van der Waals surface area contributed by atoms with E-state index in [1.807, 2.05) is 48.5 Å². The Balaban J connectivity index is 1.22. The number of Topliss-reactive ketones (excluding diaryl/α,β-unsaturated/α-hetero) is 1. The van der Waals surface area contributed by atoms with Gasteiger partial charge in [0.05, 0.1) is 34.5 Å². The molecule has 1 heterocycles. The Labute approximate surface area is 250 Å². The number of amides is 2. The molecule has 0 N–H and O–H groups in total. The third-order valence-corrected chi connectivity index (χ3v) is 9.97. The van der Waals surface area contributed by atoms with E-state index >= 15 is 0 Å². The Morgan fingerprint density at radius 2 is 1.40 bits per heavy atom. The molecule has 2 bridgehead atoms. The Kier molecular flexibility index (Phi) is 6.13. The summed E-state index contributed by atoms with van der Waals surface area (Å²) in [6.45, 7) is -0.496. The van der Waals surface area contributed by atoms with Crippen molar-refractivity contribution in [3.8, 4) is 5.75 Å². The number of ether oxygens (including phenoxy) is 2. The van der Waals surface area contributed by atoms with Gasteiger partial charge in [-0.3, -0.25) is 14.4 Å². The number of ketones is 1. The lowest BCUT2D eigenvalue weighted by molar-refractivity contribution is -0.122. The number of anilines is 1. The van der Waals surface area contributed by atoms with Crippen LogP contribution in [0.4, 0.5) is 5.69 Å². The molecule has 8 rings (SSSR count). The number of hydrogen-bond acceptors (Lipinski definition) is 6. The second-order valence-corrected chi connectivity index (χ2v) is 11.9. The first-order valence-electron chi connectivity index (χ1n) is 13.5. The lowest BCUT2D eigenvalue weighted by atomic mass is 9.55. The van der Waals surface area contributed by atoms with Crippen LogP contribution >= 0.6 is 15.9 Å². The molecule has 1 fully saturated rings. The van der Waals surface area contributed by atoms with Crippen LogP contribution in [-0.4, -0.2) is 37.3 Å². The highest BCUT2D eigenvalue weighted by molar-refractivity contribution is 9.09. The van der Waals surface area contributed by atoms with Crippen molar-refractivity contribution in [1.29, 1.82) is 0 Å². The van der Waals surface area contributed by atoms with Crippen LogP contribution in [0.25, 0.3) is 0 Å². The quantitative estimate of drug-likeness (QED) is 0.120. The number of carbonyl (C=O) groups is 4. The average molecular weight is 622 g/mol. The lowest BCUT2D eigenvalue weighted by Crippen LogP contribution is -2.50. The Hall–Kier alpha value is -4.56. The maximum atomic E-state index is 14.3. The summed E-state index contributed by atoms with van der Waals surface area (Å²) >= 11 is 3.99. The zero-order valence-electron chi connectivity index (χ0n) is 22.5. The van der Waals surface area contributed by atoms with Crippen LogP contribution in [0.3, 0.4) is 0 Å². The third-order valence-electron chi connectivity index (χ3n) is 8.63. The van der Waals surface area contributed by atoms with Crippen molar-refractivity contribution >= 4 is 45.2 Å². The van der Waals surface area contributed by atoms with Crippen LogP contribution in [0.2, 0.25) is 0 Å². The fourth-order valence-corrected chi connectivity index (χ4v) is 8.03. The van der Waals surface area contributed by atoms with E-state index < -0.39 is 34.5 Å². The number of nitrogens with zero attached hydrogens (tertiary/aromatic N) is 1. The molecular weight excluding hydrogens is 598 g/mol. The number of para-hydroxylation sites is 1. The second-order valence-electron chi connectivity index (χ2n) is 10.6. The van der Waals surface area contributed by atoms with Crippen LogP contribution in [-0.2, 0) is 18.7 Å². The van der Waals surface area contributed by atoms with Crippen molar-refractivity contribution in [2.45, 2.75) is 10.2 Å². The number of rotatable bonds is 6.